The van der Waals surface area contributed by atoms with Crippen molar-refractivity contribution < 1.29 is 15.3 Å². The van der Waals surface area contributed by atoms with Gasteiger partial charge in [-0.2, -0.15) is 0 Å². The third kappa shape index (κ3) is 8.03. The predicted octanol–water partition coefficient (Wildman–Crippen LogP) is 4.70. The standard InChI is InChI=1S/C23H38O3/c1-3-5-6-7-8-10-14-20-16-13-17-21(20)15-11-9-12-18-22(25)23(26,4-2)19-24/h4-6,9-11,14,20-22,24-26H,2-3,7-8,12-13,15-19H2,1H3/b6-5+,11-9-,14-10+/t20-,21-,22?,23?/m0/s1. The highest BCUT2D eigenvalue weighted by atomic mass is 16.4. The summed E-state index contributed by atoms with van der Waals surface area (Å²) in [5.41, 5.74) is -1.60. The maximum absolute atomic E-state index is 9.97. The van der Waals surface area contributed by atoms with E-state index in [1.54, 1.807) is 0 Å². The zero-order valence-corrected chi connectivity index (χ0v) is 16.4. The Morgan fingerprint density at radius 2 is 1.81 bits per heavy atom. The molecule has 2 unspecified atom stereocenters. The first-order chi connectivity index (χ1) is 12.6. The molecule has 3 N–H and O–H groups in total. The average Bonchev–Trinajstić information content (AvgIpc) is 3.10. The Hall–Kier alpha value is -1.16. The molecule has 1 fully saturated rings. The molecule has 0 heterocycles. The van der Waals surface area contributed by atoms with E-state index in [1.165, 1.54) is 25.3 Å². The third-order valence-corrected chi connectivity index (χ3v) is 5.40. The second kappa shape index (κ2) is 13.1. The minimum atomic E-state index is -1.60. The van der Waals surface area contributed by atoms with Crippen LogP contribution in [0.5, 0.6) is 0 Å². The summed E-state index contributed by atoms with van der Waals surface area (Å²) in [6, 6.07) is 0. The Bertz CT molecular complexity index is 466. The second-order valence-corrected chi connectivity index (χ2v) is 7.39. The van der Waals surface area contributed by atoms with Crippen LogP contribution >= 0.6 is 0 Å². The van der Waals surface area contributed by atoms with Crippen LogP contribution in [0.2, 0.25) is 0 Å². The van der Waals surface area contributed by atoms with Gasteiger partial charge in [-0.05, 0) is 63.2 Å². The number of rotatable bonds is 13. The van der Waals surface area contributed by atoms with Gasteiger partial charge in [0.25, 0.3) is 0 Å². The summed E-state index contributed by atoms with van der Waals surface area (Å²) in [5.74, 6) is 1.42. The minimum Gasteiger partial charge on any atom is -0.393 e. The molecule has 3 nitrogen and oxygen atoms in total. The topological polar surface area (TPSA) is 60.7 Å². The maximum atomic E-state index is 9.97. The molecule has 0 amide bonds. The van der Waals surface area contributed by atoms with E-state index in [-0.39, 0.29) is 0 Å². The molecule has 0 radical (unpaired) electrons. The van der Waals surface area contributed by atoms with Gasteiger partial charge in [0.05, 0.1) is 12.7 Å². The zero-order valence-electron chi connectivity index (χ0n) is 16.4. The van der Waals surface area contributed by atoms with Crippen LogP contribution in [0.1, 0.15) is 64.7 Å². The number of hydrogen-bond donors (Lipinski definition) is 3. The molecule has 3 heteroatoms. The van der Waals surface area contributed by atoms with Crippen molar-refractivity contribution in [1.82, 2.24) is 0 Å². The smallest absolute Gasteiger partial charge is 0.131 e. The first-order valence-corrected chi connectivity index (χ1v) is 10.2. The van der Waals surface area contributed by atoms with Gasteiger partial charge in [-0.15, -0.1) is 6.58 Å². The molecule has 0 saturated heterocycles. The fourth-order valence-corrected chi connectivity index (χ4v) is 3.56. The van der Waals surface area contributed by atoms with E-state index in [9.17, 15) is 10.2 Å². The van der Waals surface area contributed by atoms with E-state index in [0.29, 0.717) is 18.8 Å². The number of aliphatic hydroxyl groups excluding tert-OH is 2. The molecule has 0 aromatic carbocycles. The minimum absolute atomic E-state index is 0.416. The van der Waals surface area contributed by atoms with Gasteiger partial charge in [-0.25, -0.2) is 0 Å². The van der Waals surface area contributed by atoms with Crippen molar-refractivity contribution in [3.63, 3.8) is 0 Å². The largest absolute Gasteiger partial charge is 0.393 e. The zero-order chi connectivity index (χ0) is 19.3. The van der Waals surface area contributed by atoms with E-state index in [2.05, 4.69) is 50.0 Å². The number of aliphatic hydroxyl groups is 3. The maximum Gasteiger partial charge on any atom is 0.131 e. The van der Waals surface area contributed by atoms with Crippen molar-refractivity contribution in [2.45, 2.75) is 76.4 Å². The predicted molar refractivity (Wildman–Crippen MR) is 110 cm³/mol. The van der Waals surface area contributed by atoms with E-state index >= 15 is 0 Å². The van der Waals surface area contributed by atoms with Gasteiger partial charge in [-0.1, -0.05) is 55.9 Å². The van der Waals surface area contributed by atoms with Crippen LogP contribution in [0.3, 0.4) is 0 Å². The molecule has 0 aliphatic heterocycles. The highest BCUT2D eigenvalue weighted by molar-refractivity contribution is 5.02. The Labute approximate surface area is 159 Å². The number of hydrogen-bond acceptors (Lipinski definition) is 3. The molecule has 0 aromatic rings. The summed E-state index contributed by atoms with van der Waals surface area (Å²) in [7, 11) is 0. The van der Waals surface area contributed by atoms with Gasteiger partial charge < -0.3 is 15.3 Å². The molecule has 0 bridgehead atoms. The lowest BCUT2D eigenvalue weighted by Crippen LogP contribution is -2.43. The van der Waals surface area contributed by atoms with Crippen molar-refractivity contribution in [3.05, 3.63) is 49.1 Å². The van der Waals surface area contributed by atoms with Crippen molar-refractivity contribution >= 4 is 0 Å². The second-order valence-electron chi connectivity index (χ2n) is 7.39. The first-order valence-electron chi connectivity index (χ1n) is 10.2. The Balaban J connectivity index is 2.30. The van der Waals surface area contributed by atoms with Gasteiger partial charge in [0.1, 0.15) is 5.60 Å². The lowest BCUT2D eigenvalue weighted by molar-refractivity contribution is -0.0731. The molecule has 4 atom stereocenters. The summed E-state index contributed by atoms with van der Waals surface area (Å²) in [5, 5.41) is 29.1. The van der Waals surface area contributed by atoms with Gasteiger partial charge >= 0.3 is 0 Å². The van der Waals surface area contributed by atoms with Crippen LogP contribution in [-0.4, -0.2) is 33.6 Å². The van der Waals surface area contributed by atoms with Crippen molar-refractivity contribution in [1.29, 1.82) is 0 Å². The van der Waals surface area contributed by atoms with Crippen LogP contribution in [0.15, 0.2) is 49.1 Å². The lowest BCUT2D eigenvalue weighted by Gasteiger charge is -2.27. The SMILES string of the molecule is C=CC(O)(CO)C(O)CC/C=C\C[C@H]1CCC[C@@H]1/C=C/CC/C=C/CC. The third-order valence-electron chi connectivity index (χ3n) is 5.40. The molecule has 1 aliphatic rings. The highest BCUT2D eigenvalue weighted by Crippen LogP contribution is 2.35. The van der Waals surface area contributed by atoms with Crippen molar-refractivity contribution in [2.24, 2.45) is 11.8 Å². The molecule has 0 aromatic heterocycles. The summed E-state index contributed by atoms with van der Waals surface area (Å²) in [6.07, 6.45) is 23.2. The summed E-state index contributed by atoms with van der Waals surface area (Å²) >= 11 is 0. The summed E-state index contributed by atoms with van der Waals surface area (Å²) < 4.78 is 0. The van der Waals surface area contributed by atoms with E-state index in [4.69, 9.17) is 5.11 Å². The van der Waals surface area contributed by atoms with Crippen molar-refractivity contribution in [3.8, 4) is 0 Å². The Morgan fingerprint density at radius 1 is 1.08 bits per heavy atom. The average molecular weight is 363 g/mol. The Kier molecular flexibility index (Phi) is 11.5. The van der Waals surface area contributed by atoms with Gasteiger partial charge in [0.15, 0.2) is 0 Å². The van der Waals surface area contributed by atoms with Crippen LogP contribution in [0.4, 0.5) is 0 Å². The van der Waals surface area contributed by atoms with E-state index < -0.39 is 18.3 Å². The molecular formula is C23H38O3. The quantitative estimate of drug-likeness (QED) is 0.329. The molecule has 148 valence electrons. The molecule has 1 rings (SSSR count). The summed E-state index contributed by atoms with van der Waals surface area (Å²) in [4.78, 5) is 0. The monoisotopic (exact) mass is 362 g/mol. The van der Waals surface area contributed by atoms with Crippen molar-refractivity contribution in [2.75, 3.05) is 6.61 Å². The number of allylic oxidation sites excluding steroid dienone is 6. The van der Waals surface area contributed by atoms with Crippen LogP contribution < -0.4 is 0 Å². The molecule has 1 aliphatic carbocycles. The van der Waals surface area contributed by atoms with E-state index in [0.717, 1.165) is 31.6 Å². The normalized spacial score (nSPS) is 24.6. The first kappa shape index (κ1) is 22.9. The van der Waals surface area contributed by atoms with Crippen LogP contribution in [-0.2, 0) is 0 Å². The fourth-order valence-electron chi connectivity index (χ4n) is 3.56. The van der Waals surface area contributed by atoms with Gasteiger partial charge in [0, 0.05) is 0 Å². The summed E-state index contributed by atoms with van der Waals surface area (Å²) in [6.45, 7) is 5.13. The van der Waals surface area contributed by atoms with E-state index in [1.807, 2.05) is 0 Å². The lowest BCUT2D eigenvalue weighted by atomic mass is 9.91. The van der Waals surface area contributed by atoms with Gasteiger partial charge in [-0.3, -0.25) is 0 Å². The molecule has 0 spiro atoms. The fraction of sp³-hybridized carbons (Fsp3) is 0.652. The van der Waals surface area contributed by atoms with Crippen LogP contribution in [0.25, 0.3) is 0 Å². The van der Waals surface area contributed by atoms with Crippen LogP contribution in [0, 0.1) is 11.8 Å². The molecular weight excluding hydrogens is 324 g/mol. The number of unbranched alkanes of at least 4 members (excludes halogenated alkanes) is 1. The molecule has 26 heavy (non-hydrogen) atoms. The van der Waals surface area contributed by atoms with Gasteiger partial charge in [0.2, 0.25) is 0 Å². The Morgan fingerprint density at radius 3 is 2.50 bits per heavy atom. The molecule has 1 saturated carbocycles. The highest BCUT2D eigenvalue weighted by Gasteiger charge is 2.30.